The number of likely N-dealkylation sites (N-methyl/N-ethyl adjacent to an activating group) is 1. The highest BCUT2D eigenvalue weighted by Gasteiger charge is 2.57. The number of fused-ring (bicyclic) bond motifs is 1. The smallest absolute Gasteiger partial charge is 0.203 e. The van der Waals surface area contributed by atoms with Crippen LogP contribution >= 0.6 is 11.3 Å². The molecule has 2 aromatic rings. The van der Waals surface area contributed by atoms with Gasteiger partial charge < -0.3 is 26.2 Å². The summed E-state index contributed by atoms with van der Waals surface area (Å²) in [5.74, 6) is 0.734. The van der Waals surface area contributed by atoms with Crippen molar-refractivity contribution in [1.82, 2.24) is 4.90 Å². The molecule has 2 fully saturated rings. The molecular formula is C21H28N6S. The van der Waals surface area contributed by atoms with Crippen molar-refractivity contribution >= 4 is 33.7 Å². The number of anilines is 3. The van der Waals surface area contributed by atoms with Crippen molar-refractivity contribution in [3.05, 3.63) is 41.3 Å². The highest BCUT2D eigenvalue weighted by Crippen LogP contribution is 2.59. The molecule has 28 heavy (non-hydrogen) atoms. The van der Waals surface area contributed by atoms with Crippen molar-refractivity contribution in [2.45, 2.75) is 25.4 Å². The second-order valence-electron chi connectivity index (χ2n) is 8.54. The summed E-state index contributed by atoms with van der Waals surface area (Å²) in [7, 11) is 2.18. The van der Waals surface area contributed by atoms with Gasteiger partial charge in [-0.15, -0.1) is 11.3 Å². The van der Waals surface area contributed by atoms with Crippen LogP contribution in [0.3, 0.4) is 0 Å². The Balaban J connectivity index is 1.35. The maximum Gasteiger partial charge on any atom is 0.203 e. The Hall–Kier alpha value is -2.09. The molecular weight excluding hydrogens is 368 g/mol. The molecule has 1 atom stereocenters. The van der Waals surface area contributed by atoms with Gasteiger partial charge in [0.15, 0.2) is 0 Å². The number of thiophene rings is 1. The second-order valence-corrected chi connectivity index (χ2v) is 9.45. The molecule has 1 saturated carbocycles. The van der Waals surface area contributed by atoms with E-state index in [-0.39, 0.29) is 5.41 Å². The van der Waals surface area contributed by atoms with E-state index in [0.717, 1.165) is 61.2 Å². The summed E-state index contributed by atoms with van der Waals surface area (Å²) in [6, 6.07) is 10.7. The lowest BCUT2D eigenvalue weighted by atomic mass is 9.86. The topological polar surface area (TPSA) is 68.9 Å². The van der Waals surface area contributed by atoms with Crippen LogP contribution in [0.15, 0.2) is 40.7 Å². The largest absolute Gasteiger partial charge is 0.369 e. The quantitative estimate of drug-likeness (QED) is 0.743. The maximum absolute atomic E-state index is 6.86. The number of nitrogens with two attached hydrogens (primary N) is 1. The van der Waals surface area contributed by atoms with E-state index in [2.05, 4.69) is 70.1 Å². The molecule has 1 saturated heterocycles. The molecule has 7 heteroatoms. The van der Waals surface area contributed by atoms with Crippen LogP contribution in [0.5, 0.6) is 0 Å². The van der Waals surface area contributed by atoms with Gasteiger partial charge >= 0.3 is 0 Å². The Bertz CT molecular complexity index is 892. The summed E-state index contributed by atoms with van der Waals surface area (Å²) in [4.78, 5) is 9.75. The first-order chi connectivity index (χ1) is 13.5. The minimum atomic E-state index is -0.657. The minimum Gasteiger partial charge on any atom is -0.369 e. The lowest BCUT2D eigenvalue weighted by Crippen LogP contribution is -2.47. The van der Waals surface area contributed by atoms with Crippen molar-refractivity contribution in [3.8, 4) is 0 Å². The minimum absolute atomic E-state index is 0.0448. The third kappa shape index (κ3) is 2.98. The van der Waals surface area contributed by atoms with Crippen LogP contribution in [-0.4, -0.2) is 44.1 Å². The molecule has 1 unspecified atom stereocenters. The van der Waals surface area contributed by atoms with Crippen LogP contribution in [0.25, 0.3) is 0 Å². The zero-order chi connectivity index (χ0) is 19.4. The van der Waals surface area contributed by atoms with E-state index in [1.54, 1.807) is 11.3 Å². The summed E-state index contributed by atoms with van der Waals surface area (Å²) < 4.78 is 0. The predicted octanol–water partition coefficient (Wildman–Crippen LogP) is 3.31. The number of hydrogen-bond donors (Lipinski definition) is 3. The third-order valence-electron chi connectivity index (χ3n) is 6.51. The highest BCUT2D eigenvalue weighted by atomic mass is 32.1. The average molecular weight is 397 g/mol. The number of nitrogens with zero attached hydrogens (tertiary/aromatic N) is 3. The molecule has 4 N–H and O–H groups in total. The van der Waals surface area contributed by atoms with Gasteiger partial charge in [-0.1, -0.05) is 6.92 Å². The van der Waals surface area contributed by atoms with Crippen LogP contribution in [0.4, 0.5) is 16.4 Å². The van der Waals surface area contributed by atoms with Crippen LogP contribution in [0.2, 0.25) is 0 Å². The first kappa shape index (κ1) is 18.0. The molecule has 3 heterocycles. The molecule has 6 nitrogen and oxygen atoms in total. The summed E-state index contributed by atoms with van der Waals surface area (Å²) in [5.41, 5.74) is 9.66. The summed E-state index contributed by atoms with van der Waals surface area (Å²) in [6.45, 7) is 6.62. The number of nitrogens with one attached hydrogen (secondary N) is 2. The number of guanidine groups is 1. The lowest BCUT2D eigenvalue weighted by Gasteiger charge is -2.36. The van der Waals surface area contributed by atoms with E-state index in [1.165, 1.54) is 5.69 Å². The first-order valence-electron chi connectivity index (χ1n) is 10.0. The number of rotatable bonds is 3. The fraction of sp³-hybridized carbons (Fsp3) is 0.476. The summed E-state index contributed by atoms with van der Waals surface area (Å²) in [5, 5.41) is 10.1. The molecule has 0 bridgehead atoms. The SMILES string of the molecule is CN1CCN(c2ccc(NC3=NC(N)(C4(C)CC4)c4ccsc4N3)cc2)CC1. The van der Waals surface area contributed by atoms with E-state index in [4.69, 9.17) is 10.7 Å². The fourth-order valence-electron chi connectivity index (χ4n) is 4.12. The molecule has 1 aromatic heterocycles. The van der Waals surface area contributed by atoms with E-state index in [9.17, 15) is 0 Å². The van der Waals surface area contributed by atoms with E-state index in [1.807, 2.05) is 0 Å². The Labute approximate surface area is 170 Å². The van der Waals surface area contributed by atoms with Crippen LogP contribution in [0, 0.1) is 5.41 Å². The standard InChI is InChI=1S/C21H28N6S/c1-20(8-9-20)21(22)17-7-14-28-18(17)24-19(25-21)23-15-3-5-16(6-4-15)27-12-10-26(2)11-13-27/h3-7,14H,8-13,22H2,1-2H3,(H2,23,24,25). The number of hydrogen-bond acceptors (Lipinski definition) is 7. The van der Waals surface area contributed by atoms with Crippen LogP contribution in [-0.2, 0) is 5.66 Å². The van der Waals surface area contributed by atoms with Crippen molar-refractivity contribution in [2.75, 3.05) is 48.8 Å². The third-order valence-corrected chi connectivity index (χ3v) is 7.34. The number of piperazine rings is 1. The molecule has 1 aromatic carbocycles. The zero-order valence-corrected chi connectivity index (χ0v) is 17.4. The van der Waals surface area contributed by atoms with Gasteiger partial charge in [0.2, 0.25) is 5.96 Å². The monoisotopic (exact) mass is 396 g/mol. The Morgan fingerprint density at radius 2 is 1.82 bits per heavy atom. The molecule has 1 aliphatic carbocycles. The van der Waals surface area contributed by atoms with Crippen LogP contribution in [0.1, 0.15) is 25.3 Å². The van der Waals surface area contributed by atoms with E-state index >= 15 is 0 Å². The highest BCUT2D eigenvalue weighted by molar-refractivity contribution is 7.14. The molecule has 148 valence electrons. The van der Waals surface area contributed by atoms with Gasteiger partial charge in [-0.2, -0.15) is 0 Å². The predicted molar refractivity (Wildman–Crippen MR) is 118 cm³/mol. The number of aliphatic imine (C=N–C) groups is 1. The van der Waals surface area contributed by atoms with Crippen molar-refractivity contribution in [2.24, 2.45) is 16.1 Å². The molecule has 5 rings (SSSR count). The summed E-state index contributed by atoms with van der Waals surface area (Å²) in [6.07, 6.45) is 2.24. The molecule has 3 aliphatic rings. The lowest BCUT2D eigenvalue weighted by molar-refractivity contribution is 0.284. The number of benzene rings is 1. The molecule has 2 aliphatic heterocycles. The average Bonchev–Trinajstić information content (AvgIpc) is 3.27. The van der Waals surface area contributed by atoms with Crippen molar-refractivity contribution < 1.29 is 0 Å². The van der Waals surface area contributed by atoms with Gasteiger partial charge in [-0.3, -0.25) is 0 Å². The van der Waals surface area contributed by atoms with Crippen molar-refractivity contribution in [3.63, 3.8) is 0 Å². The molecule has 0 radical (unpaired) electrons. The Kier molecular flexibility index (Phi) is 4.15. The van der Waals surface area contributed by atoms with Gasteiger partial charge in [0.1, 0.15) is 10.7 Å². The van der Waals surface area contributed by atoms with Gasteiger partial charge in [0.05, 0.1) is 0 Å². The fourth-order valence-corrected chi connectivity index (χ4v) is 4.97. The van der Waals surface area contributed by atoms with Gasteiger partial charge in [-0.05, 0) is 55.6 Å². The second kappa shape index (κ2) is 6.47. The normalized spacial score (nSPS) is 26.2. The molecule has 0 amide bonds. The van der Waals surface area contributed by atoms with Gasteiger partial charge in [0, 0.05) is 48.5 Å². The van der Waals surface area contributed by atoms with E-state index < -0.39 is 5.66 Å². The van der Waals surface area contributed by atoms with Gasteiger partial charge in [0.25, 0.3) is 0 Å². The van der Waals surface area contributed by atoms with Crippen molar-refractivity contribution in [1.29, 1.82) is 0 Å². The van der Waals surface area contributed by atoms with Crippen LogP contribution < -0.4 is 21.3 Å². The summed E-state index contributed by atoms with van der Waals surface area (Å²) >= 11 is 1.68. The zero-order valence-electron chi connectivity index (χ0n) is 16.5. The molecule has 0 spiro atoms. The Morgan fingerprint density at radius 3 is 2.50 bits per heavy atom. The maximum atomic E-state index is 6.86. The Morgan fingerprint density at radius 1 is 1.11 bits per heavy atom. The van der Waals surface area contributed by atoms with Gasteiger partial charge in [-0.25, -0.2) is 4.99 Å². The first-order valence-corrected chi connectivity index (χ1v) is 10.9. The van der Waals surface area contributed by atoms with E-state index in [0.29, 0.717) is 0 Å².